The first kappa shape index (κ1) is 14.8. The lowest BCUT2D eigenvalue weighted by Crippen LogP contribution is -2.56. The van der Waals surface area contributed by atoms with Gasteiger partial charge in [0.05, 0.1) is 6.04 Å². The van der Waals surface area contributed by atoms with E-state index in [-0.39, 0.29) is 17.5 Å². The van der Waals surface area contributed by atoms with Gasteiger partial charge in [0.2, 0.25) is 5.91 Å². The van der Waals surface area contributed by atoms with E-state index in [1.807, 2.05) is 0 Å². The molecule has 2 atom stereocenters. The van der Waals surface area contributed by atoms with Crippen molar-refractivity contribution >= 4 is 5.91 Å². The fraction of sp³-hybridized carbons (Fsp3) is 0.933. The molecular formula is C15H29N3O. The quantitative estimate of drug-likeness (QED) is 0.808. The second-order valence-corrected chi connectivity index (χ2v) is 6.87. The van der Waals surface area contributed by atoms with Crippen LogP contribution in [-0.2, 0) is 4.79 Å². The van der Waals surface area contributed by atoms with Gasteiger partial charge in [-0.3, -0.25) is 9.69 Å². The number of carbonyl (C=O) groups is 1. The Kier molecular flexibility index (Phi) is 4.85. The van der Waals surface area contributed by atoms with E-state index in [1.54, 1.807) is 0 Å². The summed E-state index contributed by atoms with van der Waals surface area (Å²) in [5.74, 6) is 0.954. The predicted octanol–water partition coefficient (Wildman–Crippen LogP) is 1.37. The first-order valence-corrected chi connectivity index (χ1v) is 7.75. The van der Waals surface area contributed by atoms with Crippen LogP contribution in [0.4, 0.5) is 0 Å². The fourth-order valence-corrected chi connectivity index (χ4v) is 3.19. The molecule has 2 aliphatic heterocycles. The average Bonchev–Trinajstić information content (AvgIpc) is 2.90. The number of rotatable bonds is 4. The highest BCUT2D eigenvalue weighted by Crippen LogP contribution is 2.23. The molecule has 110 valence electrons. The van der Waals surface area contributed by atoms with E-state index in [0.717, 1.165) is 44.9 Å². The highest BCUT2D eigenvalue weighted by molar-refractivity contribution is 5.82. The Morgan fingerprint density at radius 1 is 1.37 bits per heavy atom. The van der Waals surface area contributed by atoms with Crippen molar-refractivity contribution in [3.05, 3.63) is 0 Å². The molecule has 19 heavy (non-hydrogen) atoms. The minimum absolute atomic E-state index is 0.0380. The van der Waals surface area contributed by atoms with Crippen molar-refractivity contribution in [3.63, 3.8) is 0 Å². The number of nitrogens with zero attached hydrogens (tertiary/aromatic N) is 1. The largest absolute Gasteiger partial charge is 0.353 e. The molecule has 0 saturated carbocycles. The van der Waals surface area contributed by atoms with Gasteiger partial charge in [-0.1, -0.05) is 6.92 Å². The molecule has 2 rings (SSSR count). The van der Waals surface area contributed by atoms with Crippen molar-refractivity contribution in [3.8, 4) is 0 Å². The lowest BCUT2D eigenvalue weighted by Gasteiger charge is -2.43. The summed E-state index contributed by atoms with van der Waals surface area (Å²) in [6.07, 6.45) is 4.71. The van der Waals surface area contributed by atoms with E-state index in [0.29, 0.717) is 0 Å². The Morgan fingerprint density at radius 2 is 2.16 bits per heavy atom. The van der Waals surface area contributed by atoms with E-state index in [2.05, 4.69) is 36.3 Å². The molecule has 1 amide bonds. The third kappa shape index (κ3) is 3.93. The lowest BCUT2D eigenvalue weighted by molar-refractivity contribution is -0.123. The molecule has 4 nitrogen and oxygen atoms in total. The summed E-state index contributed by atoms with van der Waals surface area (Å²) < 4.78 is 0. The molecule has 4 heteroatoms. The van der Waals surface area contributed by atoms with Crippen molar-refractivity contribution in [2.45, 2.75) is 58.0 Å². The van der Waals surface area contributed by atoms with Crippen LogP contribution in [-0.4, -0.2) is 48.6 Å². The second kappa shape index (κ2) is 6.23. The van der Waals surface area contributed by atoms with Gasteiger partial charge in [-0.25, -0.2) is 0 Å². The van der Waals surface area contributed by atoms with Crippen LogP contribution in [0.1, 0.15) is 46.5 Å². The standard InChI is InChI=1S/C15H29N3O/c1-12-6-5-9-18(10-12)15(2,3)11-17-14(19)13-7-4-8-16-13/h12-13,16H,4-11H2,1-3H3,(H,17,19)/t12?,13-/m0/s1. The Hall–Kier alpha value is -0.610. The van der Waals surface area contributed by atoms with Gasteiger partial charge < -0.3 is 10.6 Å². The number of amides is 1. The van der Waals surface area contributed by atoms with Gasteiger partial charge in [0.1, 0.15) is 0 Å². The van der Waals surface area contributed by atoms with Gasteiger partial charge >= 0.3 is 0 Å². The molecule has 0 bridgehead atoms. The summed E-state index contributed by atoms with van der Waals surface area (Å²) in [7, 11) is 0. The number of likely N-dealkylation sites (tertiary alicyclic amines) is 1. The van der Waals surface area contributed by atoms with E-state index in [9.17, 15) is 4.79 Å². The zero-order chi connectivity index (χ0) is 13.9. The minimum atomic E-state index is 0.0380. The van der Waals surface area contributed by atoms with Crippen molar-refractivity contribution in [1.29, 1.82) is 0 Å². The van der Waals surface area contributed by atoms with Crippen LogP contribution in [0, 0.1) is 5.92 Å². The zero-order valence-electron chi connectivity index (χ0n) is 12.7. The molecule has 0 aromatic heterocycles. The van der Waals surface area contributed by atoms with Crippen molar-refractivity contribution in [1.82, 2.24) is 15.5 Å². The summed E-state index contributed by atoms with van der Waals surface area (Å²) in [6, 6.07) is 0.0380. The molecule has 1 unspecified atom stereocenters. The van der Waals surface area contributed by atoms with Gasteiger partial charge in [-0.05, 0) is 58.5 Å². The highest BCUT2D eigenvalue weighted by atomic mass is 16.2. The summed E-state index contributed by atoms with van der Waals surface area (Å²) >= 11 is 0. The lowest BCUT2D eigenvalue weighted by atomic mass is 9.93. The third-order valence-corrected chi connectivity index (χ3v) is 4.59. The van der Waals surface area contributed by atoms with Crippen LogP contribution in [0.2, 0.25) is 0 Å². The SMILES string of the molecule is CC1CCCN(C(C)(C)CNC(=O)[C@@H]2CCCN2)C1. The van der Waals surface area contributed by atoms with Crippen molar-refractivity contribution < 1.29 is 4.79 Å². The maximum Gasteiger partial charge on any atom is 0.237 e. The number of hydrogen-bond acceptors (Lipinski definition) is 3. The molecule has 2 fully saturated rings. The number of carbonyl (C=O) groups excluding carboxylic acids is 1. The smallest absolute Gasteiger partial charge is 0.237 e. The predicted molar refractivity (Wildman–Crippen MR) is 78.1 cm³/mol. The molecule has 0 aliphatic carbocycles. The molecule has 2 heterocycles. The minimum Gasteiger partial charge on any atom is -0.353 e. The Labute approximate surface area is 117 Å². The second-order valence-electron chi connectivity index (χ2n) is 6.87. The van der Waals surface area contributed by atoms with Gasteiger partial charge in [0.25, 0.3) is 0 Å². The first-order valence-electron chi connectivity index (χ1n) is 7.75. The Morgan fingerprint density at radius 3 is 2.79 bits per heavy atom. The van der Waals surface area contributed by atoms with Gasteiger partial charge in [0.15, 0.2) is 0 Å². The summed E-state index contributed by atoms with van der Waals surface area (Å²) in [4.78, 5) is 14.6. The van der Waals surface area contributed by atoms with Crippen molar-refractivity contribution in [2.75, 3.05) is 26.2 Å². The molecule has 2 N–H and O–H groups in total. The molecule has 0 radical (unpaired) electrons. The van der Waals surface area contributed by atoms with Crippen LogP contribution in [0.25, 0.3) is 0 Å². The van der Waals surface area contributed by atoms with Crippen LogP contribution in [0.5, 0.6) is 0 Å². The van der Waals surface area contributed by atoms with Crippen LogP contribution in [0.15, 0.2) is 0 Å². The molecule has 2 aliphatic rings. The Bertz CT molecular complexity index is 311. The fourth-order valence-electron chi connectivity index (χ4n) is 3.19. The molecular weight excluding hydrogens is 238 g/mol. The third-order valence-electron chi connectivity index (χ3n) is 4.59. The molecule has 2 saturated heterocycles. The van der Waals surface area contributed by atoms with Gasteiger partial charge in [-0.2, -0.15) is 0 Å². The first-order chi connectivity index (χ1) is 8.99. The number of nitrogens with one attached hydrogen (secondary N) is 2. The van der Waals surface area contributed by atoms with Gasteiger partial charge in [0, 0.05) is 18.6 Å². The van der Waals surface area contributed by atoms with E-state index >= 15 is 0 Å². The molecule has 0 aromatic carbocycles. The molecule has 0 spiro atoms. The van der Waals surface area contributed by atoms with Crippen LogP contribution < -0.4 is 10.6 Å². The summed E-state index contributed by atoms with van der Waals surface area (Å²) in [5, 5.41) is 6.39. The Balaban J connectivity index is 1.80. The highest BCUT2D eigenvalue weighted by Gasteiger charge is 2.31. The van der Waals surface area contributed by atoms with E-state index < -0.39 is 0 Å². The maximum absolute atomic E-state index is 12.0. The van der Waals surface area contributed by atoms with Crippen LogP contribution >= 0.6 is 0 Å². The van der Waals surface area contributed by atoms with E-state index in [4.69, 9.17) is 0 Å². The normalized spacial score (nSPS) is 29.4. The van der Waals surface area contributed by atoms with Crippen LogP contribution in [0.3, 0.4) is 0 Å². The molecule has 0 aromatic rings. The monoisotopic (exact) mass is 267 g/mol. The zero-order valence-corrected chi connectivity index (χ0v) is 12.7. The van der Waals surface area contributed by atoms with Gasteiger partial charge in [-0.15, -0.1) is 0 Å². The summed E-state index contributed by atoms with van der Waals surface area (Å²) in [6.45, 7) is 10.9. The van der Waals surface area contributed by atoms with Crippen molar-refractivity contribution in [2.24, 2.45) is 5.92 Å². The number of piperidine rings is 1. The maximum atomic E-state index is 12.0. The summed E-state index contributed by atoms with van der Waals surface area (Å²) in [5.41, 5.74) is 0.0585. The number of hydrogen-bond donors (Lipinski definition) is 2. The average molecular weight is 267 g/mol. The topological polar surface area (TPSA) is 44.4 Å². The van der Waals surface area contributed by atoms with E-state index in [1.165, 1.54) is 12.8 Å².